The molecule has 160 valence electrons. The summed E-state index contributed by atoms with van der Waals surface area (Å²) in [4.78, 5) is 44.3. The fraction of sp³-hybridized carbons (Fsp3) is 0.333. The van der Waals surface area contributed by atoms with E-state index in [1.54, 1.807) is 36.4 Å². The molecule has 0 aromatic heterocycles. The maximum Gasteiger partial charge on any atom is 0.373 e. The fourth-order valence-corrected chi connectivity index (χ4v) is 2.71. The highest BCUT2D eigenvalue weighted by atomic mass is 17.3. The number of carbonyl (C=O) groups is 2. The summed E-state index contributed by atoms with van der Waals surface area (Å²) in [5.41, 5.74) is 2.54. The molecule has 0 atom stereocenters. The van der Waals surface area contributed by atoms with E-state index in [4.69, 9.17) is 19.6 Å². The van der Waals surface area contributed by atoms with Gasteiger partial charge in [-0.25, -0.2) is 9.59 Å². The van der Waals surface area contributed by atoms with Crippen molar-refractivity contribution in [3.63, 3.8) is 0 Å². The minimum Gasteiger partial charge on any atom is -0.289 e. The Morgan fingerprint density at radius 3 is 1.70 bits per heavy atom. The monoisotopic (exact) mass is 412 g/mol. The molecule has 0 aliphatic rings. The predicted octanol–water partition coefficient (Wildman–Crippen LogP) is 5.84. The number of unbranched alkanes of at least 4 members (excludes halogenated alkanes) is 4. The Kier molecular flexibility index (Phi) is 10.0. The van der Waals surface area contributed by atoms with Crippen LogP contribution >= 0.6 is 0 Å². The van der Waals surface area contributed by atoms with Crippen LogP contribution in [0.4, 0.5) is 0 Å². The maximum absolute atomic E-state index is 12.2. The first-order valence-corrected chi connectivity index (χ1v) is 10.1. The van der Waals surface area contributed by atoms with Gasteiger partial charge in [-0.2, -0.15) is 0 Å². The average Bonchev–Trinajstić information content (AvgIpc) is 2.74. The second-order valence-corrected chi connectivity index (χ2v) is 7.04. The van der Waals surface area contributed by atoms with Crippen molar-refractivity contribution >= 4 is 11.9 Å². The molecule has 2 aromatic carbocycles. The van der Waals surface area contributed by atoms with Crippen LogP contribution in [0.5, 0.6) is 0 Å². The van der Waals surface area contributed by atoms with Crippen molar-refractivity contribution in [2.24, 2.45) is 0 Å². The van der Waals surface area contributed by atoms with E-state index in [0.29, 0.717) is 17.5 Å². The quantitative estimate of drug-likeness (QED) is 0.248. The predicted molar refractivity (Wildman–Crippen MR) is 112 cm³/mol. The summed E-state index contributed by atoms with van der Waals surface area (Å²) < 4.78 is 0. The minimum absolute atomic E-state index is 0.0911. The molecule has 0 N–H and O–H groups in total. The summed E-state index contributed by atoms with van der Waals surface area (Å²) in [5.74, 6) is -1.33. The molecule has 0 fully saturated rings. The first-order valence-electron chi connectivity index (χ1n) is 10.1. The van der Waals surface area contributed by atoms with Crippen molar-refractivity contribution in [3.05, 3.63) is 84.0 Å². The minimum atomic E-state index is -0.665. The molecular formula is C24H28O6. The number of hydrogen-bond donors (Lipinski definition) is 0. The van der Waals surface area contributed by atoms with Gasteiger partial charge in [-0.15, -0.1) is 9.78 Å². The van der Waals surface area contributed by atoms with Gasteiger partial charge in [0.05, 0.1) is 11.1 Å². The van der Waals surface area contributed by atoms with Gasteiger partial charge < -0.3 is 0 Å². The lowest BCUT2D eigenvalue weighted by atomic mass is 10.1. The third kappa shape index (κ3) is 8.35. The summed E-state index contributed by atoms with van der Waals surface area (Å²) in [5, 5.41) is 0. The maximum atomic E-state index is 12.2. The summed E-state index contributed by atoms with van der Waals surface area (Å²) in [7, 11) is 0. The summed E-state index contributed by atoms with van der Waals surface area (Å²) in [6.07, 6.45) is 4.80. The number of rotatable bonds is 12. The van der Waals surface area contributed by atoms with Crippen LogP contribution in [0.25, 0.3) is 0 Å². The molecule has 2 aromatic rings. The van der Waals surface area contributed by atoms with E-state index >= 15 is 0 Å². The van der Waals surface area contributed by atoms with E-state index in [-0.39, 0.29) is 6.29 Å². The Labute approximate surface area is 178 Å². The van der Waals surface area contributed by atoms with E-state index in [9.17, 15) is 9.59 Å². The van der Waals surface area contributed by atoms with Crippen molar-refractivity contribution < 1.29 is 29.1 Å². The van der Waals surface area contributed by atoms with E-state index in [1.807, 2.05) is 26.0 Å². The summed E-state index contributed by atoms with van der Waals surface area (Å²) >= 11 is 0. The Morgan fingerprint density at radius 2 is 1.23 bits per heavy atom. The standard InChI is InChI=1S/C24H28O6/c1-4-5-6-7-8-15-22(27-29-23(25)20-13-9-11-18(2)16-20)28-30-24(26)21-14-10-12-19(3)17-21/h9-14,16-17H,1,4-8,15H2,2-3H3. The van der Waals surface area contributed by atoms with E-state index in [2.05, 4.69) is 6.92 Å². The zero-order valence-corrected chi connectivity index (χ0v) is 17.5. The number of aryl methyl sites for hydroxylation is 2. The fourth-order valence-electron chi connectivity index (χ4n) is 2.71. The highest BCUT2D eigenvalue weighted by molar-refractivity contribution is 5.89. The van der Waals surface area contributed by atoms with Crippen LogP contribution in [-0.2, 0) is 19.6 Å². The van der Waals surface area contributed by atoms with Gasteiger partial charge in [0.25, 0.3) is 0 Å². The Bertz CT molecular complexity index is 755. The zero-order chi connectivity index (χ0) is 21.8. The molecule has 0 heterocycles. The molecule has 6 heteroatoms. The van der Waals surface area contributed by atoms with Crippen LogP contribution in [0.3, 0.4) is 0 Å². The van der Waals surface area contributed by atoms with Crippen molar-refractivity contribution in [2.75, 3.05) is 0 Å². The van der Waals surface area contributed by atoms with Crippen LogP contribution < -0.4 is 0 Å². The Morgan fingerprint density at radius 1 is 0.733 bits per heavy atom. The lowest BCUT2D eigenvalue weighted by Crippen LogP contribution is -2.16. The first kappa shape index (κ1) is 23.6. The molecule has 0 aliphatic heterocycles. The van der Waals surface area contributed by atoms with Crippen LogP contribution in [0.15, 0.2) is 48.5 Å². The smallest absolute Gasteiger partial charge is 0.289 e. The average molecular weight is 412 g/mol. The molecule has 0 amide bonds. The second kappa shape index (κ2) is 12.8. The molecule has 0 unspecified atom stereocenters. The molecule has 0 bridgehead atoms. The van der Waals surface area contributed by atoms with E-state index < -0.39 is 11.9 Å². The number of hydrogen-bond acceptors (Lipinski definition) is 6. The number of carbonyl (C=O) groups excluding carboxylic acids is 2. The molecule has 2 rings (SSSR count). The Balaban J connectivity index is 1.90. The SMILES string of the molecule is [CH2]CCCCCC[C](OOC(=O)c1cccc(C)c1)OOC(=O)c1cccc(C)c1. The summed E-state index contributed by atoms with van der Waals surface area (Å²) in [6, 6.07) is 13.8. The highest BCUT2D eigenvalue weighted by Gasteiger charge is 2.21. The van der Waals surface area contributed by atoms with Gasteiger partial charge >= 0.3 is 18.2 Å². The molecular weight excluding hydrogens is 384 g/mol. The van der Waals surface area contributed by atoms with Crippen molar-refractivity contribution in [2.45, 2.75) is 52.4 Å². The van der Waals surface area contributed by atoms with Crippen LogP contribution in [-0.4, -0.2) is 11.9 Å². The first-order chi connectivity index (χ1) is 14.5. The molecule has 30 heavy (non-hydrogen) atoms. The van der Waals surface area contributed by atoms with Crippen LogP contribution in [0.2, 0.25) is 0 Å². The van der Waals surface area contributed by atoms with Gasteiger partial charge in [-0.05, 0) is 44.5 Å². The van der Waals surface area contributed by atoms with Gasteiger partial charge in [0, 0.05) is 6.42 Å². The van der Waals surface area contributed by atoms with E-state index in [1.165, 1.54) is 0 Å². The van der Waals surface area contributed by atoms with Gasteiger partial charge in [0.2, 0.25) is 0 Å². The molecule has 6 nitrogen and oxygen atoms in total. The van der Waals surface area contributed by atoms with Gasteiger partial charge in [0.1, 0.15) is 0 Å². The second-order valence-electron chi connectivity index (χ2n) is 7.04. The Hall–Kier alpha value is -2.70. The van der Waals surface area contributed by atoms with Gasteiger partial charge in [-0.1, -0.05) is 68.0 Å². The third-order valence-electron chi connectivity index (χ3n) is 4.31. The highest BCUT2D eigenvalue weighted by Crippen LogP contribution is 2.19. The molecule has 0 spiro atoms. The molecule has 0 aliphatic carbocycles. The lowest BCUT2D eigenvalue weighted by molar-refractivity contribution is -0.363. The number of benzene rings is 2. The molecule has 2 radical (unpaired) electrons. The normalized spacial score (nSPS) is 10.8. The lowest BCUT2D eigenvalue weighted by Gasteiger charge is -2.13. The van der Waals surface area contributed by atoms with Crippen molar-refractivity contribution in [1.82, 2.24) is 0 Å². The van der Waals surface area contributed by atoms with Crippen molar-refractivity contribution in [1.29, 1.82) is 0 Å². The zero-order valence-electron chi connectivity index (χ0n) is 17.5. The summed E-state index contributed by atoms with van der Waals surface area (Å²) in [6.45, 7) is 7.56. The van der Waals surface area contributed by atoms with Gasteiger partial charge in [0.15, 0.2) is 0 Å². The molecule has 0 saturated heterocycles. The largest absolute Gasteiger partial charge is 0.373 e. The van der Waals surface area contributed by atoms with Gasteiger partial charge in [-0.3, -0.25) is 9.78 Å². The third-order valence-corrected chi connectivity index (χ3v) is 4.31. The van der Waals surface area contributed by atoms with Crippen molar-refractivity contribution in [3.8, 4) is 0 Å². The van der Waals surface area contributed by atoms with Crippen LogP contribution in [0.1, 0.15) is 70.4 Å². The van der Waals surface area contributed by atoms with Crippen LogP contribution in [0, 0.1) is 27.1 Å². The van der Waals surface area contributed by atoms with E-state index in [0.717, 1.165) is 43.2 Å². The molecule has 0 saturated carbocycles. The topological polar surface area (TPSA) is 71.1 Å².